The molecule has 0 aromatic rings. The zero-order chi connectivity index (χ0) is 7.98. The van der Waals surface area contributed by atoms with Crippen molar-refractivity contribution in [1.29, 1.82) is 0 Å². The average molecular weight is 142 g/mol. The van der Waals surface area contributed by atoms with Crippen LogP contribution in [0.1, 0.15) is 13.3 Å². The minimum atomic E-state index is -0.155. The Kier molecular flexibility index (Phi) is 4.58. The van der Waals surface area contributed by atoms with E-state index in [1.165, 1.54) is 6.08 Å². The van der Waals surface area contributed by atoms with Crippen molar-refractivity contribution in [3.05, 3.63) is 12.7 Å². The summed E-state index contributed by atoms with van der Waals surface area (Å²) in [5.74, 6) is -0.155. The zero-order valence-corrected chi connectivity index (χ0v) is 6.26. The molecule has 0 rings (SSSR count). The van der Waals surface area contributed by atoms with Gasteiger partial charge in [0.1, 0.15) is 0 Å². The summed E-state index contributed by atoms with van der Waals surface area (Å²) < 4.78 is 0. The van der Waals surface area contributed by atoms with Gasteiger partial charge in [0.05, 0.1) is 0 Å². The Morgan fingerprint density at radius 2 is 2.50 bits per heavy atom. The molecule has 0 aromatic heterocycles. The van der Waals surface area contributed by atoms with Crippen LogP contribution in [0.25, 0.3) is 0 Å². The van der Waals surface area contributed by atoms with Crippen LogP contribution in [0, 0.1) is 0 Å². The molecule has 0 saturated carbocycles. The number of amides is 1. The maximum Gasteiger partial charge on any atom is 0.243 e. The van der Waals surface area contributed by atoms with E-state index in [4.69, 9.17) is 5.73 Å². The lowest BCUT2D eigenvalue weighted by atomic mass is 10.2. The highest BCUT2D eigenvalue weighted by atomic mass is 16.1. The fourth-order valence-electron chi connectivity index (χ4n) is 0.588. The summed E-state index contributed by atoms with van der Waals surface area (Å²) in [6, 6.07) is 0.0884. The van der Waals surface area contributed by atoms with E-state index in [0.717, 1.165) is 6.42 Å². The monoisotopic (exact) mass is 142 g/mol. The highest BCUT2D eigenvalue weighted by molar-refractivity contribution is 5.87. The van der Waals surface area contributed by atoms with Crippen molar-refractivity contribution in [2.75, 3.05) is 6.54 Å². The van der Waals surface area contributed by atoms with E-state index >= 15 is 0 Å². The van der Waals surface area contributed by atoms with Gasteiger partial charge in [0.25, 0.3) is 0 Å². The molecule has 0 aliphatic rings. The third kappa shape index (κ3) is 3.25. The van der Waals surface area contributed by atoms with E-state index in [-0.39, 0.29) is 11.9 Å². The second-order valence-corrected chi connectivity index (χ2v) is 2.05. The molecule has 3 N–H and O–H groups in total. The van der Waals surface area contributed by atoms with Crippen molar-refractivity contribution in [1.82, 2.24) is 5.32 Å². The molecule has 0 fully saturated rings. The van der Waals surface area contributed by atoms with Crippen LogP contribution < -0.4 is 11.1 Å². The summed E-state index contributed by atoms with van der Waals surface area (Å²) in [6.07, 6.45) is 2.11. The first kappa shape index (κ1) is 9.17. The number of nitrogens with two attached hydrogens (primary N) is 1. The molecule has 3 nitrogen and oxygen atoms in total. The van der Waals surface area contributed by atoms with E-state index in [0.29, 0.717) is 6.54 Å². The molecule has 3 heteroatoms. The number of hydrogen-bond acceptors (Lipinski definition) is 2. The number of carbonyl (C=O) groups excluding carboxylic acids is 1. The lowest BCUT2D eigenvalue weighted by Gasteiger charge is -2.11. The predicted molar refractivity (Wildman–Crippen MR) is 41.5 cm³/mol. The van der Waals surface area contributed by atoms with Crippen molar-refractivity contribution in [2.24, 2.45) is 5.73 Å². The Hall–Kier alpha value is -0.830. The quantitative estimate of drug-likeness (QED) is 0.544. The molecule has 10 heavy (non-hydrogen) atoms. The summed E-state index contributed by atoms with van der Waals surface area (Å²) >= 11 is 0. The lowest BCUT2D eigenvalue weighted by molar-refractivity contribution is -0.117. The first-order valence-electron chi connectivity index (χ1n) is 3.37. The smallest absolute Gasteiger partial charge is 0.243 e. The van der Waals surface area contributed by atoms with Gasteiger partial charge >= 0.3 is 0 Å². The second-order valence-electron chi connectivity index (χ2n) is 2.05. The van der Waals surface area contributed by atoms with Gasteiger partial charge in [0.15, 0.2) is 0 Å². The van der Waals surface area contributed by atoms with Gasteiger partial charge in [0.2, 0.25) is 5.91 Å². The van der Waals surface area contributed by atoms with Crippen LogP contribution in [-0.2, 0) is 4.79 Å². The summed E-state index contributed by atoms with van der Waals surface area (Å²) in [5.41, 5.74) is 5.34. The fraction of sp³-hybridized carbons (Fsp3) is 0.571. The van der Waals surface area contributed by atoms with Crippen LogP contribution in [0.15, 0.2) is 12.7 Å². The van der Waals surface area contributed by atoms with E-state index in [2.05, 4.69) is 11.9 Å². The van der Waals surface area contributed by atoms with Crippen LogP contribution in [-0.4, -0.2) is 18.5 Å². The molecule has 0 radical (unpaired) electrons. The van der Waals surface area contributed by atoms with Crippen molar-refractivity contribution < 1.29 is 4.79 Å². The third-order valence-electron chi connectivity index (χ3n) is 1.31. The van der Waals surface area contributed by atoms with Crippen LogP contribution in [0.2, 0.25) is 0 Å². The topological polar surface area (TPSA) is 55.1 Å². The molecule has 0 spiro atoms. The van der Waals surface area contributed by atoms with E-state index in [9.17, 15) is 4.79 Å². The Bertz CT molecular complexity index is 119. The van der Waals surface area contributed by atoms with Gasteiger partial charge in [-0.25, -0.2) is 0 Å². The highest BCUT2D eigenvalue weighted by Gasteiger charge is 2.03. The summed E-state index contributed by atoms with van der Waals surface area (Å²) in [4.78, 5) is 10.7. The van der Waals surface area contributed by atoms with Gasteiger partial charge < -0.3 is 11.1 Å². The van der Waals surface area contributed by atoms with E-state index in [1.54, 1.807) is 0 Å². The average Bonchev–Trinajstić information content (AvgIpc) is 1.99. The molecule has 58 valence electrons. The van der Waals surface area contributed by atoms with Gasteiger partial charge in [0, 0.05) is 12.6 Å². The Labute approximate surface area is 61.3 Å². The van der Waals surface area contributed by atoms with Crippen molar-refractivity contribution in [3.63, 3.8) is 0 Å². The molecule has 1 unspecified atom stereocenters. The Morgan fingerprint density at radius 1 is 1.90 bits per heavy atom. The second kappa shape index (κ2) is 4.99. The number of nitrogens with one attached hydrogen (secondary N) is 1. The SMILES string of the molecule is C=CC(=O)NC(CC)CN. The minimum absolute atomic E-state index is 0.0884. The van der Waals surface area contributed by atoms with Crippen LogP contribution in [0.4, 0.5) is 0 Å². The lowest BCUT2D eigenvalue weighted by Crippen LogP contribution is -2.38. The maximum absolute atomic E-state index is 10.7. The van der Waals surface area contributed by atoms with Gasteiger partial charge in [-0.1, -0.05) is 13.5 Å². The third-order valence-corrected chi connectivity index (χ3v) is 1.31. The molecule has 0 saturated heterocycles. The number of hydrogen-bond donors (Lipinski definition) is 2. The molecular weight excluding hydrogens is 128 g/mol. The largest absolute Gasteiger partial charge is 0.349 e. The first-order valence-corrected chi connectivity index (χ1v) is 3.37. The zero-order valence-electron chi connectivity index (χ0n) is 6.26. The molecule has 0 aliphatic carbocycles. The Balaban J connectivity index is 3.62. The van der Waals surface area contributed by atoms with Crippen LogP contribution >= 0.6 is 0 Å². The van der Waals surface area contributed by atoms with Crippen LogP contribution in [0.3, 0.4) is 0 Å². The molecule has 0 aliphatic heterocycles. The maximum atomic E-state index is 10.7. The molecule has 1 amide bonds. The van der Waals surface area contributed by atoms with Gasteiger partial charge in [-0.2, -0.15) is 0 Å². The summed E-state index contributed by atoms with van der Waals surface area (Å²) in [6.45, 7) is 5.78. The number of rotatable bonds is 4. The minimum Gasteiger partial charge on any atom is -0.349 e. The summed E-state index contributed by atoms with van der Waals surface area (Å²) in [5, 5.41) is 2.68. The van der Waals surface area contributed by atoms with Gasteiger partial charge in [-0.05, 0) is 12.5 Å². The molecule has 0 bridgehead atoms. The fourth-order valence-corrected chi connectivity index (χ4v) is 0.588. The van der Waals surface area contributed by atoms with E-state index in [1.807, 2.05) is 6.92 Å². The normalized spacial score (nSPS) is 12.2. The summed E-state index contributed by atoms with van der Waals surface area (Å²) in [7, 11) is 0. The Morgan fingerprint density at radius 3 is 2.80 bits per heavy atom. The predicted octanol–water partition coefficient (Wildman–Crippen LogP) is 0.0259. The number of carbonyl (C=O) groups is 1. The van der Waals surface area contributed by atoms with Crippen LogP contribution in [0.5, 0.6) is 0 Å². The molecule has 0 heterocycles. The first-order chi connectivity index (χ1) is 4.74. The highest BCUT2D eigenvalue weighted by Crippen LogP contribution is 1.86. The van der Waals surface area contributed by atoms with Gasteiger partial charge in [-0.3, -0.25) is 4.79 Å². The van der Waals surface area contributed by atoms with Gasteiger partial charge in [-0.15, -0.1) is 0 Å². The van der Waals surface area contributed by atoms with Crippen molar-refractivity contribution >= 4 is 5.91 Å². The molecular formula is C7H14N2O. The standard InChI is InChI=1S/C7H14N2O/c1-3-6(5-8)9-7(10)4-2/h4,6H,2-3,5,8H2,1H3,(H,9,10). The van der Waals surface area contributed by atoms with Crippen molar-refractivity contribution in [3.8, 4) is 0 Å². The van der Waals surface area contributed by atoms with E-state index < -0.39 is 0 Å². The van der Waals surface area contributed by atoms with Crippen molar-refractivity contribution in [2.45, 2.75) is 19.4 Å². The molecule has 1 atom stereocenters. The molecule has 0 aromatic carbocycles.